The minimum absolute atomic E-state index is 0.118. The van der Waals surface area contributed by atoms with Crippen molar-refractivity contribution < 1.29 is 0 Å². The summed E-state index contributed by atoms with van der Waals surface area (Å²) in [7, 11) is 0. The lowest BCUT2D eigenvalue weighted by atomic mass is 10.0. The maximum atomic E-state index is 6.28. The van der Waals surface area contributed by atoms with Crippen molar-refractivity contribution in [2.75, 3.05) is 0 Å². The molecule has 0 aliphatic heterocycles. The van der Waals surface area contributed by atoms with Gasteiger partial charge in [0.15, 0.2) is 0 Å². The lowest BCUT2D eigenvalue weighted by Crippen LogP contribution is -2.11. The van der Waals surface area contributed by atoms with Crippen LogP contribution in [0.1, 0.15) is 34.5 Å². The van der Waals surface area contributed by atoms with Crippen LogP contribution in [0.25, 0.3) is 0 Å². The summed E-state index contributed by atoms with van der Waals surface area (Å²) >= 11 is 7.89. The summed E-state index contributed by atoms with van der Waals surface area (Å²) in [5, 5.41) is 2.87. The number of nitrogens with two attached hydrogens (primary N) is 1. The second-order valence-electron chi connectivity index (χ2n) is 4.17. The number of halogens is 1. The topological polar surface area (TPSA) is 26.0 Å². The average Bonchev–Trinajstić information content (AvgIpc) is 2.69. The van der Waals surface area contributed by atoms with Crippen molar-refractivity contribution in [2.24, 2.45) is 5.73 Å². The number of benzene rings is 1. The summed E-state index contributed by atoms with van der Waals surface area (Å²) in [5.41, 5.74) is 9.83. The molecular weight excluding hydrogens is 250 g/mol. The Labute approximate surface area is 111 Å². The van der Waals surface area contributed by atoms with Crippen LogP contribution in [0, 0.1) is 6.92 Å². The van der Waals surface area contributed by atoms with Crippen molar-refractivity contribution in [3.63, 3.8) is 0 Å². The van der Waals surface area contributed by atoms with Gasteiger partial charge < -0.3 is 5.73 Å². The molecule has 2 aromatic rings. The molecular formula is C14H16ClNS. The first-order chi connectivity index (χ1) is 8.13. The molecule has 2 rings (SSSR count). The lowest BCUT2D eigenvalue weighted by molar-refractivity contribution is 0.888. The molecule has 1 atom stereocenters. The van der Waals surface area contributed by atoms with Crippen molar-refractivity contribution in [3.8, 4) is 0 Å². The first kappa shape index (κ1) is 12.6. The second kappa shape index (κ2) is 5.21. The third-order valence-electron chi connectivity index (χ3n) is 2.93. The van der Waals surface area contributed by atoms with Crippen molar-refractivity contribution in [1.82, 2.24) is 0 Å². The van der Waals surface area contributed by atoms with Crippen molar-refractivity contribution >= 4 is 22.9 Å². The minimum Gasteiger partial charge on any atom is -0.320 e. The van der Waals surface area contributed by atoms with E-state index >= 15 is 0 Å². The maximum absolute atomic E-state index is 6.28. The molecule has 0 bridgehead atoms. The normalized spacial score (nSPS) is 12.7. The van der Waals surface area contributed by atoms with Gasteiger partial charge >= 0.3 is 0 Å². The quantitative estimate of drug-likeness (QED) is 0.879. The molecule has 0 aliphatic rings. The highest BCUT2D eigenvalue weighted by atomic mass is 35.5. The number of thiophene rings is 1. The molecule has 1 unspecified atom stereocenters. The third kappa shape index (κ3) is 2.54. The van der Waals surface area contributed by atoms with E-state index in [4.69, 9.17) is 17.3 Å². The molecule has 1 heterocycles. The van der Waals surface area contributed by atoms with E-state index in [-0.39, 0.29) is 6.04 Å². The van der Waals surface area contributed by atoms with Crippen LogP contribution >= 0.6 is 22.9 Å². The van der Waals surface area contributed by atoms with Gasteiger partial charge in [0.25, 0.3) is 0 Å². The Balaban J connectivity index is 2.36. The average molecular weight is 266 g/mol. The minimum atomic E-state index is -0.118. The molecule has 1 aromatic carbocycles. The molecule has 0 saturated heterocycles. The van der Waals surface area contributed by atoms with Crippen molar-refractivity contribution in [2.45, 2.75) is 26.3 Å². The Bertz CT molecular complexity index is 519. The van der Waals surface area contributed by atoms with E-state index in [0.717, 1.165) is 27.4 Å². The summed E-state index contributed by atoms with van der Waals surface area (Å²) in [5.74, 6) is 0. The third-order valence-corrected chi connectivity index (χ3v) is 4.72. The summed E-state index contributed by atoms with van der Waals surface area (Å²) in [6.45, 7) is 4.16. The van der Waals surface area contributed by atoms with E-state index in [1.807, 2.05) is 6.92 Å². The molecule has 90 valence electrons. The van der Waals surface area contributed by atoms with E-state index in [1.165, 1.54) is 5.56 Å². The predicted molar refractivity (Wildman–Crippen MR) is 75.9 cm³/mol. The molecule has 1 nitrogen and oxygen atoms in total. The van der Waals surface area contributed by atoms with Gasteiger partial charge in [0.1, 0.15) is 0 Å². The highest BCUT2D eigenvalue weighted by molar-refractivity contribution is 7.10. The number of aryl methyl sites for hydroxylation is 2. The Morgan fingerprint density at radius 3 is 2.76 bits per heavy atom. The van der Waals surface area contributed by atoms with Gasteiger partial charge in [-0.15, -0.1) is 11.3 Å². The summed E-state index contributed by atoms with van der Waals surface area (Å²) in [4.78, 5) is 1.05. The zero-order valence-corrected chi connectivity index (χ0v) is 11.6. The van der Waals surface area contributed by atoms with Crippen molar-refractivity contribution in [1.29, 1.82) is 0 Å². The van der Waals surface area contributed by atoms with Crippen LogP contribution in [0.2, 0.25) is 5.02 Å². The van der Waals surface area contributed by atoms with Gasteiger partial charge in [-0.1, -0.05) is 42.8 Å². The zero-order chi connectivity index (χ0) is 12.4. The van der Waals surface area contributed by atoms with E-state index < -0.39 is 0 Å². The van der Waals surface area contributed by atoms with Crippen molar-refractivity contribution in [3.05, 3.63) is 56.2 Å². The van der Waals surface area contributed by atoms with Crippen LogP contribution in [0.4, 0.5) is 0 Å². The van der Waals surface area contributed by atoms with E-state index in [0.29, 0.717) is 0 Å². The molecule has 0 fully saturated rings. The Morgan fingerprint density at radius 2 is 2.18 bits per heavy atom. The fraction of sp³-hybridized carbons (Fsp3) is 0.286. The van der Waals surface area contributed by atoms with E-state index in [9.17, 15) is 0 Å². The summed E-state index contributed by atoms with van der Waals surface area (Å²) in [6.07, 6.45) is 1.03. The number of hydrogen-bond donors (Lipinski definition) is 1. The van der Waals surface area contributed by atoms with Gasteiger partial charge in [-0.3, -0.25) is 0 Å². The highest BCUT2D eigenvalue weighted by Gasteiger charge is 2.16. The smallest absolute Gasteiger partial charge is 0.0661 e. The SMILES string of the molecule is CCc1cccc(C(N)c2scc(C)c2Cl)c1. The molecule has 0 aliphatic carbocycles. The molecule has 0 radical (unpaired) electrons. The maximum Gasteiger partial charge on any atom is 0.0661 e. The van der Waals surface area contributed by atoms with Crippen LogP contribution in [0.5, 0.6) is 0 Å². The molecule has 1 aromatic heterocycles. The van der Waals surface area contributed by atoms with Crippen LogP contribution in [-0.4, -0.2) is 0 Å². The Morgan fingerprint density at radius 1 is 1.41 bits per heavy atom. The number of hydrogen-bond acceptors (Lipinski definition) is 2. The Hall–Kier alpha value is -0.830. The standard InChI is InChI=1S/C14H16ClNS/c1-3-10-5-4-6-11(7-10)13(16)14-12(15)9(2)8-17-14/h4-8,13H,3,16H2,1-2H3. The molecule has 17 heavy (non-hydrogen) atoms. The van der Waals surface area contributed by atoms with E-state index in [2.05, 4.69) is 36.6 Å². The summed E-state index contributed by atoms with van der Waals surface area (Å²) in [6, 6.07) is 8.29. The fourth-order valence-corrected chi connectivity index (χ4v) is 3.16. The Kier molecular flexibility index (Phi) is 3.87. The van der Waals surface area contributed by atoms with Gasteiger partial charge in [0.2, 0.25) is 0 Å². The predicted octanol–water partition coefficient (Wildman–Crippen LogP) is 4.32. The van der Waals surface area contributed by atoms with Crippen LogP contribution < -0.4 is 5.73 Å². The van der Waals surface area contributed by atoms with Crippen LogP contribution in [0.3, 0.4) is 0 Å². The van der Waals surface area contributed by atoms with Gasteiger partial charge in [-0.2, -0.15) is 0 Å². The molecule has 0 spiro atoms. The van der Waals surface area contributed by atoms with Gasteiger partial charge in [-0.05, 0) is 35.4 Å². The second-order valence-corrected chi connectivity index (χ2v) is 5.46. The van der Waals surface area contributed by atoms with Crippen LogP contribution in [0.15, 0.2) is 29.6 Å². The number of rotatable bonds is 3. The fourth-order valence-electron chi connectivity index (χ4n) is 1.82. The largest absolute Gasteiger partial charge is 0.320 e. The monoisotopic (exact) mass is 265 g/mol. The first-order valence-electron chi connectivity index (χ1n) is 5.71. The van der Waals surface area contributed by atoms with Gasteiger partial charge in [0.05, 0.1) is 11.1 Å². The van der Waals surface area contributed by atoms with E-state index in [1.54, 1.807) is 11.3 Å². The zero-order valence-electron chi connectivity index (χ0n) is 10.0. The lowest BCUT2D eigenvalue weighted by Gasteiger charge is -2.12. The molecule has 2 N–H and O–H groups in total. The first-order valence-corrected chi connectivity index (χ1v) is 6.97. The van der Waals surface area contributed by atoms with Gasteiger partial charge in [0, 0.05) is 4.88 Å². The van der Waals surface area contributed by atoms with Crippen LogP contribution in [-0.2, 0) is 6.42 Å². The molecule has 0 saturated carbocycles. The van der Waals surface area contributed by atoms with Gasteiger partial charge in [-0.25, -0.2) is 0 Å². The molecule has 3 heteroatoms. The molecule has 0 amide bonds. The highest BCUT2D eigenvalue weighted by Crippen LogP contribution is 2.34. The summed E-state index contributed by atoms with van der Waals surface area (Å²) < 4.78 is 0.